The summed E-state index contributed by atoms with van der Waals surface area (Å²) in [5.41, 5.74) is 0.205. The van der Waals surface area contributed by atoms with Crippen molar-refractivity contribution in [2.24, 2.45) is 11.3 Å². The van der Waals surface area contributed by atoms with Crippen LogP contribution in [0.5, 0.6) is 5.75 Å². The number of phenolic OH excluding ortho intramolecular Hbond substituents is 1. The van der Waals surface area contributed by atoms with E-state index >= 15 is 0 Å². The summed E-state index contributed by atoms with van der Waals surface area (Å²) in [6.45, 7) is 1.89. The number of aromatic hydroxyl groups is 1. The Hall–Kier alpha value is -1.71. The molecule has 19 heavy (non-hydrogen) atoms. The molecule has 0 heterocycles. The maximum Gasteiger partial charge on any atom is 0.200 e. The van der Waals surface area contributed by atoms with E-state index in [0.717, 1.165) is 25.3 Å². The lowest BCUT2D eigenvalue weighted by Gasteiger charge is -2.24. The molecule has 2 atom stereocenters. The summed E-state index contributed by atoms with van der Waals surface area (Å²) >= 11 is 0. The van der Waals surface area contributed by atoms with Gasteiger partial charge >= 0.3 is 0 Å². The number of ketones is 1. The fraction of sp³-hybridized carbons (Fsp3) is 0.400. The van der Waals surface area contributed by atoms with Gasteiger partial charge in [0.05, 0.1) is 0 Å². The van der Waals surface area contributed by atoms with Gasteiger partial charge in [0.15, 0.2) is 17.3 Å². The molecule has 0 aliphatic heterocycles. The van der Waals surface area contributed by atoms with Gasteiger partial charge in [-0.2, -0.15) is 4.39 Å². The molecule has 0 aromatic heterocycles. The number of fused-ring (bicyclic) bond motifs is 1. The fourth-order valence-corrected chi connectivity index (χ4v) is 3.39. The highest BCUT2D eigenvalue weighted by molar-refractivity contribution is 6.07. The van der Waals surface area contributed by atoms with Crippen LogP contribution in [0.1, 0.15) is 31.7 Å². The minimum Gasteiger partial charge on any atom is -0.505 e. The van der Waals surface area contributed by atoms with E-state index in [2.05, 4.69) is 0 Å². The summed E-state index contributed by atoms with van der Waals surface area (Å²) in [6.07, 6.45) is 3.97. The van der Waals surface area contributed by atoms with Gasteiger partial charge in [-0.3, -0.25) is 4.79 Å². The van der Waals surface area contributed by atoms with Crippen molar-refractivity contribution in [1.82, 2.24) is 0 Å². The molecule has 1 saturated carbocycles. The van der Waals surface area contributed by atoms with Crippen LogP contribution in [0.4, 0.5) is 8.78 Å². The van der Waals surface area contributed by atoms with Crippen molar-refractivity contribution in [2.45, 2.75) is 26.2 Å². The third-order valence-electron chi connectivity index (χ3n) is 4.56. The molecule has 4 heteroatoms. The normalized spacial score (nSPS) is 29.5. The maximum absolute atomic E-state index is 13.9. The average Bonchev–Trinajstić information content (AvgIpc) is 2.86. The predicted molar refractivity (Wildman–Crippen MR) is 66.5 cm³/mol. The van der Waals surface area contributed by atoms with Crippen molar-refractivity contribution < 1.29 is 18.7 Å². The van der Waals surface area contributed by atoms with Crippen molar-refractivity contribution in [3.05, 3.63) is 35.4 Å². The number of carbonyl (C=O) groups is 1. The lowest BCUT2D eigenvalue weighted by Crippen LogP contribution is -2.25. The van der Waals surface area contributed by atoms with E-state index < -0.39 is 22.8 Å². The number of rotatable bonds is 1. The molecular formula is C15H14F2O2. The van der Waals surface area contributed by atoms with Crippen molar-refractivity contribution in [3.63, 3.8) is 0 Å². The molecule has 2 nitrogen and oxygen atoms in total. The Labute approximate surface area is 109 Å². The summed E-state index contributed by atoms with van der Waals surface area (Å²) in [5, 5.41) is 9.16. The Morgan fingerprint density at radius 3 is 2.79 bits per heavy atom. The van der Waals surface area contributed by atoms with E-state index in [9.17, 15) is 13.6 Å². The molecule has 0 saturated heterocycles. The zero-order valence-electron chi connectivity index (χ0n) is 10.5. The van der Waals surface area contributed by atoms with E-state index in [0.29, 0.717) is 5.57 Å². The molecule has 0 amide bonds. The van der Waals surface area contributed by atoms with E-state index in [1.165, 1.54) is 12.1 Å². The molecule has 1 aromatic carbocycles. The van der Waals surface area contributed by atoms with Crippen molar-refractivity contribution in [2.75, 3.05) is 0 Å². The third-order valence-corrected chi connectivity index (χ3v) is 4.56. The second-order valence-electron chi connectivity index (χ2n) is 5.59. The van der Waals surface area contributed by atoms with Gasteiger partial charge in [0.25, 0.3) is 0 Å². The van der Waals surface area contributed by atoms with E-state index in [1.807, 2.05) is 6.92 Å². The summed E-state index contributed by atoms with van der Waals surface area (Å²) in [4.78, 5) is 12.1. The molecular weight excluding hydrogens is 250 g/mol. The minimum absolute atomic E-state index is 0.00196. The predicted octanol–water partition coefficient (Wildman–Crippen LogP) is 3.44. The quantitative estimate of drug-likeness (QED) is 0.843. The number of benzene rings is 1. The third kappa shape index (κ3) is 1.55. The van der Waals surface area contributed by atoms with Crippen LogP contribution < -0.4 is 0 Å². The van der Waals surface area contributed by atoms with Gasteiger partial charge in [0.1, 0.15) is 0 Å². The summed E-state index contributed by atoms with van der Waals surface area (Å²) in [6, 6.07) is 2.47. The molecule has 100 valence electrons. The second-order valence-corrected chi connectivity index (χ2v) is 5.59. The van der Waals surface area contributed by atoms with E-state index in [4.69, 9.17) is 5.11 Å². The first-order chi connectivity index (χ1) is 8.95. The van der Waals surface area contributed by atoms with Gasteiger partial charge < -0.3 is 5.11 Å². The minimum atomic E-state index is -1.25. The Kier molecular flexibility index (Phi) is 2.52. The second kappa shape index (κ2) is 3.89. The Morgan fingerprint density at radius 1 is 1.32 bits per heavy atom. The van der Waals surface area contributed by atoms with Crippen LogP contribution in [0.3, 0.4) is 0 Å². The molecule has 1 fully saturated rings. The average molecular weight is 264 g/mol. The lowest BCUT2D eigenvalue weighted by molar-refractivity contribution is -0.122. The first kappa shape index (κ1) is 12.3. The number of phenols is 1. The summed E-state index contributed by atoms with van der Waals surface area (Å²) in [5.74, 6) is -3.08. The smallest absolute Gasteiger partial charge is 0.200 e. The van der Waals surface area contributed by atoms with Crippen molar-refractivity contribution >= 4 is 11.4 Å². The Balaban J connectivity index is 2.12. The molecule has 0 bridgehead atoms. The lowest BCUT2D eigenvalue weighted by atomic mass is 9.78. The Morgan fingerprint density at radius 2 is 2.05 bits per heavy atom. The highest BCUT2D eigenvalue weighted by atomic mass is 19.2. The van der Waals surface area contributed by atoms with Crippen LogP contribution in [-0.2, 0) is 4.79 Å². The first-order valence-electron chi connectivity index (χ1n) is 6.38. The molecule has 2 unspecified atom stereocenters. The van der Waals surface area contributed by atoms with Gasteiger partial charge in [0.2, 0.25) is 5.82 Å². The molecule has 1 N–H and O–H groups in total. The first-order valence-corrected chi connectivity index (χ1v) is 6.38. The van der Waals surface area contributed by atoms with E-state index in [1.54, 1.807) is 0 Å². The van der Waals surface area contributed by atoms with Gasteiger partial charge in [-0.25, -0.2) is 4.39 Å². The molecule has 2 aliphatic rings. The number of allylic oxidation sites excluding steroid dienone is 2. The molecule has 1 aromatic rings. The van der Waals surface area contributed by atoms with Gasteiger partial charge in [-0.1, -0.05) is 13.3 Å². The maximum atomic E-state index is 13.9. The molecule has 0 spiro atoms. The van der Waals surface area contributed by atoms with Gasteiger partial charge in [-0.05, 0) is 42.5 Å². The van der Waals surface area contributed by atoms with Crippen molar-refractivity contribution in [3.8, 4) is 5.75 Å². The van der Waals surface area contributed by atoms with Crippen LogP contribution in [-0.4, -0.2) is 10.9 Å². The van der Waals surface area contributed by atoms with Crippen LogP contribution in [0.25, 0.3) is 5.57 Å². The summed E-state index contributed by atoms with van der Waals surface area (Å²) < 4.78 is 27.4. The fourth-order valence-electron chi connectivity index (χ4n) is 3.39. The van der Waals surface area contributed by atoms with Crippen LogP contribution in [0.2, 0.25) is 0 Å². The van der Waals surface area contributed by atoms with Crippen molar-refractivity contribution in [1.29, 1.82) is 0 Å². The molecule has 2 aliphatic carbocycles. The largest absolute Gasteiger partial charge is 0.505 e. The zero-order valence-corrected chi connectivity index (χ0v) is 10.5. The number of hydrogen-bond acceptors (Lipinski definition) is 2. The highest BCUT2D eigenvalue weighted by Gasteiger charge is 2.50. The summed E-state index contributed by atoms with van der Waals surface area (Å²) in [7, 11) is 0. The number of halogens is 2. The Bertz CT molecular complexity index is 606. The number of hydrogen-bond donors (Lipinski definition) is 1. The van der Waals surface area contributed by atoms with Crippen LogP contribution in [0.15, 0.2) is 18.2 Å². The van der Waals surface area contributed by atoms with E-state index in [-0.39, 0.29) is 17.3 Å². The molecule has 0 radical (unpaired) electrons. The topological polar surface area (TPSA) is 37.3 Å². The van der Waals surface area contributed by atoms with Crippen LogP contribution >= 0.6 is 0 Å². The molecule has 3 rings (SSSR count). The van der Waals surface area contributed by atoms with Gasteiger partial charge in [0, 0.05) is 11.0 Å². The SMILES string of the molecule is CC12CCCC1C(c1ccc(O)c(F)c1F)=CC2=O. The standard InChI is InChI=1S/C15H14F2O2/c1-15-6-2-3-10(15)9(7-12(15)19)8-4-5-11(18)14(17)13(8)16/h4-5,7,10,18H,2-3,6H2,1H3. The van der Waals surface area contributed by atoms with Gasteiger partial charge in [-0.15, -0.1) is 0 Å². The zero-order chi connectivity index (χ0) is 13.8. The monoisotopic (exact) mass is 264 g/mol. The highest BCUT2D eigenvalue weighted by Crippen LogP contribution is 2.55. The van der Waals surface area contributed by atoms with Crippen LogP contribution in [0, 0.1) is 23.0 Å². The number of carbonyl (C=O) groups excluding carboxylic acids is 1.